The number of hydrogen-bond donors (Lipinski definition) is 0. The predicted octanol–water partition coefficient (Wildman–Crippen LogP) is 5.44. The number of para-hydroxylation sites is 1. The van der Waals surface area contributed by atoms with E-state index < -0.39 is 15.9 Å². The van der Waals surface area contributed by atoms with Gasteiger partial charge in [-0.1, -0.05) is 45.5 Å². The molecule has 0 unspecified atom stereocenters. The van der Waals surface area contributed by atoms with E-state index in [4.69, 9.17) is 0 Å². The van der Waals surface area contributed by atoms with Crippen molar-refractivity contribution in [3.05, 3.63) is 87.6 Å². The maximum absolute atomic E-state index is 13.2. The Labute approximate surface area is 205 Å². The van der Waals surface area contributed by atoms with Gasteiger partial charge in [-0.25, -0.2) is 8.42 Å². The Morgan fingerprint density at radius 1 is 1.03 bits per heavy atom. The van der Waals surface area contributed by atoms with Crippen LogP contribution in [0.5, 0.6) is 0 Å². The molecule has 1 heterocycles. The third-order valence-corrected chi connectivity index (χ3v) is 8.63. The molecule has 4 rings (SSSR count). The summed E-state index contributed by atoms with van der Waals surface area (Å²) in [6.07, 6.45) is 0. The van der Waals surface area contributed by atoms with Crippen LogP contribution >= 0.6 is 27.3 Å². The number of amides is 1. The number of thiazole rings is 1. The number of hydrogen-bond acceptors (Lipinski definition) is 4. The van der Waals surface area contributed by atoms with Crippen LogP contribution < -0.4 is 9.11 Å². The molecule has 0 bridgehead atoms. The van der Waals surface area contributed by atoms with Gasteiger partial charge in [0.25, 0.3) is 15.9 Å². The molecule has 0 aliphatic rings. The van der Waals surface area contributed by atoms with Crippen molar-refractivity contribution in [3.63, 3.8) is 0 Å². The summed E-state index contributed by atoms with van der Waals surface area (Å²) >= 11 is 4.92. The van der Waals surface area contributed by atoms with Crippen molar-refractivity contribution in [3.8, 4) is 0 Å². The Kier molecular flexibility index (Phi) is 6.83. The molecule has 9 heteroatoms. The summed E-state index contributed by atoms with van der Waals surface area (Å²) in [6, 6.07) is 20.8. The van der Waals surface area contributed by atoms with Crippen LogP contribution in [0.1, 0.15) is 24.2 Å². The van der Waals surface area contributed by atoms with Crippen molar-refractivity contribution in [2.24, 2.45) is 4.99 Å². The first-order chi connectivity index (χ1) is 15.8. The number of benzene rings is 3. The fourth-order valence-corrected chi connectivity index (χ4v) is 6.69. The van der Waals surface area contributed by atoms with Gasteiger partial charge in [0, 0.05) is 23.1 Å². The molecule has 0 aliphatic heterocycles. The number of fused-ring (bicyclic) bond motifs is 1. The molecule has 0 saturated heterocycles. The van der Waals surface area contributed by atoms with Crippen molar-refractivity contribution in [2.45, 2.75) is 25.3 Å². The first-order valence-electron chi connectivity index (χ1n) is 10.4. The number of sulfonamides is 1. The standard InChI is InChI=1S/C24H22BrN3O3S2/c1-3-27-21-15-12-18(25)16-22(21)32-24(27)26-23(29)17-10-13-20(14-11-17)33(30,31)28(4-2)19-8-6-5-7-9-19/h5-16H,3-4H2,1-2H3. The second-order valence-electron chi connectivity index (χ2n) is 7.19. The minimum atomic E-state index is -3.75. The average molecular weight is 544 g/mol. The number of rotatable bonds is 6. The normalized spacial score (nSPS) is 12.3. The van der Waals surface area contributed by atoms with Crippen LogP contribution in [0.2, 0.25) is 0 Å². The molecule has 0 N–H and O–H groups in total. The smallest absolute Gasteiger partial charge is 0.279 e. The van der Waals surface area contributed by atoms with Crippen LogP contribution in [0.3, 0.4) is 0 Å². The van der Waals surface area contributed by atoms with Crippen LogP contribution in [0, 0.1) is 0 Å². The molecular formula is C24H22BrN3O3S2. The molecule has 1 amide bonds. The van der Waals surface area contributed by atoms with Crippen molar-refractivity contribution < 1.29 is 13.2 Å². The molecular weight excluding hydrogens is 522 g/mol. The van der Waals surface area contributed by atoms with E-state index in [1.54, 1.807) is 31.2 Å². The lowest BCUT2D eigenvalue weighted by molar-refractivity contribution is 0.0997. The van der Waals surface area contributed by atoms with Gasteiger partial charge in [-0.3, -0.25) is 9.10 Å². The number of halogens is 1. The van der Waals surface area contributed by atoms with Gasteiger partial charge in [-0.2, -0.15) is 4.99 Å². The topological polar surface area (TPSA) is 71.7 Å². The molecule has 1 aromatic heterocycles. The SMILES string of the molecule is CCN(c1ccccc1)S(=O)(=O)c1ccc(C(=O)N=c2sc3cc(Br)ccc3n2CC)cc1. The van der Waals surface area contributed by atoms with Crippen molar-refractivity contribution in [1.82, 2.24) is 4.57 Å². The quantitative estimate of drug-likeness (QED) is 0.325. The predicted molar refractivity (Wildman–Crippen MR) is 136 cm³/mol. The highest BCUT2D eigenvalue weighted by Crippen LogP contribution is 2.24. The number of nitrogens with zero attached hydrogens (tertiary/aromatic N) is 3. The zero-order valence-corrected chi connectivity index (χ0v) is 21.3. The van der Waals surface area contributed by atoms with Gasteiger partial charge in [0.2, 0.25) is 0 Å². The number of carbonyl (C=O) groups excluding carboxylic acids is 1. The van der Waals surface area contributed by atoms with Crippen LogP contribution in [-0.2, 0) is 16.6 Å². The van der Waals surface area contributed by atoms with Gasteiger partial charge in [0.05, 0.1) is 20.8 Å². The number of aryl methyl sites for hydroxylation is 1. The van der Waals surface area contributed by atoms with Crippen LogP contribution in [0.4, 0.5) is 5.69 Å². The molecule has 6 nitrogen and oxygen atoms in total. The summed E-state index contributed by atoms with van der Waals surface area (Å²) in [5, 5.41) is 0. The second kappa shape index (κ2) is 9.62. The first kappa shape index (κ1) is 23.4. The highest BCUT2D eigenvalue weighted by Gasteiger charge is 2.23. The van der Waals surface area contributed by atoms with Crippen molar-refractivity contribution >= 4 is 59.1 Å². The maximum Gasteiger partial charge on any atom is 0.279 e. The fourth-order valence-electron chi connectivity index (χ4n) is 3.57. The van der Waals surface area contributed by atoms with Crippen molar-refractivity contribution in [2.75, 3.05) is 10.8 Å². The average Bonchev–Trinajstić information content (AvgIpc) is 3.16. The van der Waals surface area contributed by atoms with E-state index >= 15 is 0 Å². The number of carbonyl (C=O) groups is 1. The van der Waals surface area contributed by atoms with Crippen LogP contribution in [0.15, 0.2) is 87.2 Å². The Morgan fingerprint density at radius 3 is 2.36 bits per heavy atom. The summed E-state index contributed by atoms with van der Waals surface area (Å²) in [5.74, 6) is -0.415. The lowest BCUT2D eigenvalue weighted by Crippen LogP contribution is -2.30. The summed E-state index contributed by atoms with van der Waals surface area (Å²) in [6.45, 7) is 4.76. The molecule has 170 valence electrons. The molecule has 33 heavy (non-hydrogen) atoms. The van der Waals surface area contributed by atoms with E-state index in [0.717, 1.165) is 14.7 Å². The monoisotopic (exact) mass is 543 g/mol. The van der Waals surface area contributed by atoms with E-state index in [1.807, 2.05) is 35.8 Å². The number of anilines is 1. The largest absolute Gasteiger partial charge is 0.317 e. The van der Waals surface area contributed by atoms with E-state index in [1.165, 1.54) is 39.9 Å². The third kappa shape index (κ3) is 4.66. The zero-order valence-electron chi connectivity index (χ0n) is 18.1. The maximum atomic E-state index is 13.2. The lowest BCUT2D eigenvalue weighted by atomic mass is 10.2. The number of aromatic nitrogens is 1. The highest BCUT2D eigenvalue weighted by molar-refractivity contribution is 9.10. The Balaban J connectivity index is 1.66. The molecule has 0 saturated carbocycles. The van der Waals surface area contributed by atoms with Gasteiger partial charge in [-0.15, -0.1) is 0 Å². The lowest BCUT2D eigenvalue weighted by Gasteiger charge is -2.22. The Morgan fingerprint density at radius 2 is 1.73 bits per heavy atom. The molecule has 0 spiro atoms. The zero-order chi connectivity index (χ0) is 23.6. The summed E-state index contributed by atoms with van der Waals surface area (Å²) < 4.78 is 31.6. The summed E-state index contributed by atoms with van der Waals surface area (Å²) in [5.41, 5.74) is 1.94. The van der Waals surface area contributed by atoms with Crippen LogP contribution in [0.25, 0.3) is 10.2 Å². The molecule has 0 aliphatic carbocycles. The summed E-state index contributed by atoms with van der Waals surface area (Å²) in [4.78, 5) is 17.9. The Bertz CT molecular complexity index is 1480. The van der Waals surface area contributed by atoms with Gasteiger partial charge < -0.3 is 4.57 Å². The van der Waals surface area contributed by atoms with Gasteiger partial charge in [0.15, 0.2) is 4.80 Å². The highest BCUT2D eigenvalue weighted by atomic mass is 79.9. The van der Waals surface area contributed by atoms with Gasteiger partial charge in [0.1, 0.15) is 0 Å². The van der Waals surface area contributed by atoms with Gasteiger partial charge in [-0.05, 0) is 68.4 Å². The molecule has 3 aromatic carbocycles. The minimum Gasteiger partial charge on any atom is -0.317 e. The van der Waals surface area contributed by atoms with Gasteiger partial charge >= 0.3 is 0 Å². The van der Waals surface area contributed by atoms with E-state index in [9.17, 15) is 13.2 Å². The Hall–Kier alpha value is -2.75. The van der Waals surface area contributed by atoms with E-state index in [-0.39, 0.29) is 4.90 Å². The van der Waals surface area contributed by atoms with Crippen LogP contribution in [-0.4, -0.2) is 25.4 Å². The second-order valence-corrected chi connectivity index (χ2v) is 11.0. The minimum absolute atomic E-state index is 0.125. The van der Waals surface area contributed by atoms with E-state index in [2.05, 4.69) is 20.9 Å². The molecule has 0 fully saturated rings. The fraction of sp³-hybridized carbons (Fsp3) is 0.167. The first-order valence-corrected chi connectivity index (χ1v) is 13.5. The van der Waals surface area contributed by atoms with Crippen molar-refractivity contribution in [1.29, 1.82) is 0 Å². The summed E-state index contributed by atoms with van der Waals surface area (Å²) in [7, 11) is -3.75. The molecule has 4 aromatic rings. The molecule has 0 radical (unpaired) electrons. The van der Waals surface area contributed by atoms with E-state index in [0.29, 0.717) is 29.1 Å². The third-order valence-electron chi connectivity index (χ3n) is 5.18. The molecule has 0 atom stereocenters.